The fraction of sp³-hybridized carbons (Fsp3) is 0. The first-order valence-electron chi connectivity index (χ1n) is 15.7. The highest BCUT2D eigenvalue weighted by Gasteiger charge is 2.17. The summed E-state index contributed by atoms with van der Waals surface area (Å²) in [5, 5.41) is 4.32. The minimum Gasteiger partial charge on any atom is -0.455 e. The Morgan fingerprint density at radius 2 is 0.894 bits per heavy atom. The summed E-state index contributed by atoms with van der Waals surface area (Å²) < 4.78 is 6.52. The van der Waals surface area contributed by atoms with Gasteiger partial charge in [-0.1, -0.05) is 146 Å². The van der Waals surface area contributed by atoms with Crippen molar-refractivity contribution in [1.29, 1.82) is 0 Å². The van der Waals surface area contributed by atoms with E-state index in [9.17, 15) is 0 Å². The van der Waals surface area contributed by atoms with Crippen molar-refractivity contribution in [3.63, 3.8) is 0 Å². The van der Waals surface area contributed by atoms with Gasteiger partial charge in [-0.3, -0.25) is 0 Å². The zero-order valence-electron chi connectivity index (χ0n) is 25.3. The first-order chi connectivity index (χ1) is 23.3. The molecule has 4 nitrogen and oxygen atoms in total. The van der Waals surface area contributed by atoms with E-state index >= 15 is 0 Å². The van der Waals surface area contributed by atoms with Crippen LogP contribution in [0.3, 0.4) is 0 Å². The molecule has 0 spiro atoms. The second kappa shape index (κ2) is 11.2. The fourth-order valence-electron chi connectivity index (χ4n) is 6.40. The van der Waals surface area contributed by atoms with Crippen LogP contribution in [-0.4, -0.2) is 15.0 Å². The van der Waals surface area contributed by atoms with Gasteiger partial charge < -0.3 is 4.42 Å². The number of aromatic nitrogens is 3. The number of benzene rings is 7. The van der Waals surface area contributed by atoms with E-state index in [1.165, 1.54) is 11.1 Å². The smallest absolute Gasteiger partial charge is 0.164 e. The van der Waals surface area contributed by atoms with Crippen molar-refractivity contribution >= 4 is 32.7 Å². The quantitative estimate of drug-likeness (QED) is 0.197. The number of hydrogen-bond acceptors (Lipinski definition) is 4. The number of fused-ring (bicyclic) bond motifs is 4. The van der Waals surface area contributed by atoms with Crippen LogP contribution in [-0.2, 0) is 0 Å². The highest BCUT2D eigenvalue weighted by molar-refractivity contribution is 6.10. The van der Waals surface area contributed by atoms with Crippen LogP contribution in [0, 0.1) is 0 Å². The van der Waals surface area contributed by atoms with E-state index in [0.717, 1.165) is 60.5 Å². The lowest BCUT2D eigenvalue weighted by atomic mass is 9.98. The number of rotatable bonds is 5. The Kier molecular flexibility index (Phi) is 6.43. The lowest BCUT2D eigenvalue weighted by Gasteiger charge is -2.10. The van der Waals surface area contributed by atoms with Crippen molar-refractivity contribution in [2.45, 2.75) is 0 Å². The zero-order chi connectivity index (χ0) is 31.2. The second-order valence-corrected chi connectivity index (χ2v) is 11.6. The molecule has 2 aromatic heterocycles. The number of nitrogens with zero attached hydrogens (tertiary/aromatic N) is 3. The van der Waals surface area contributed by atoms with E-state index in [0.29, 0.717) is 17.5 Å². The van der Waals surface area contributed by atoms with Gasteiger partial charge in [0.2, 0.25) is 0 Å². The Morgan fingerprint density at radius 3 is 1.70 bits per heavy atom. The molecule has 0 bridgehead atoms. The van der Waals surface area contributed by atoms with Gasteiger partial charge in [-0.05, 0) is 45.7 Å². The maximum atomic E-state index is 6.52. The molecule has 9 aromatic rings. The molecule has 0 amide bonds. The van der Waals surface area contributed by atoms with Crippen LogP contribution < -0.4 is 0 Å². The third-order valence-electron chi connectivity index (χ3n) is 8.76. The Bertz CT molecular complexity index is 2550. The third kappa shape index (κ3) is 4.84. The van der Waals surface area contributed by atoms with E-state index in [2.05, 4.69) is 115 Å². The minimum absolute atomic E-state index is 0.616. The molecule has 0 aliphatic carbocycles. The molecule has 9 rings (SSSR count). The molecule has 0 radical (unpaired) electrons. The minimum atomic E-state index is 0.616. The predicted molar refractivity (Wildman–Crippen MR) is 192 cm³/mol. The summed E-state index contributed by atoms with van der Waals surface area (Å²) in [7, 11) is 0. The Morgan fingerprint density at radius 1 is 0.340 bits per heavy atom. The Hall–Kier alpha value is -6.39. The number of furan rings is 1. The molecule has 4 heteroatoms. The maximum Gasteiger partial charge on any atom is 0.164 e. The molecule has 0 aliphatic heterocycles. The SMILES string of the molecule is c1ccc(-c2ccc(-c3cccc4c3oc3ccc(-c5nc(-c6ccccc6)nc(-c6cccc7ccccc67)n5)cc34)cc2)cc1. The highest BCUT2D eigenvalue weighted by Crippen LogP contribution is 2.38. The lowest BCUT2D eigenvalue weighted by Crippen LogP contribution is -2.00. The van der Waals surface area contributed by atoms with Crippen molar-refractivity contribution < 1.29 is 4.42 Å². The fourth-order valence-corrected chi connectivity index (χ4v) is 6.40. The molecule has 0 saturated heterocycles. The van der Waals surface area contributed by atoms with E-state index in [4.69, 9.17) is 19.4 Å². The average Bonchev–Trinajstić information content (AvgIpc) is 3.53. The van der Waals surface area contributed by atoms with Gasteiger partial charge in [-0.25, -0.2) is 15.0 Å². The van der Waals surface area contributed by atoms with Crippen molar-refractivity contribution in [2.75, 3.05) is 0 Å². The van der Waals surface area contributed by atoms with Crippen molar-refractivity contribution in [3.8, 4) is 56.4 Å². The highest BCUT2D eigenvalue weighted by atomic mass is 16.3. The lowest BCUT2D eigenvalue weighted by molar-refractivity contribution is 0.670. The summed E-state index contributed by atoms with van der Waals surface area (Å²) in [5.41, 5.74) is 9.06. The van der Waals surface area contributed by atoms with Gasteiger partial charge in [-0.15, -0.1) is 0 Å². The number of para-hydroxylation sites is 1. The topological polar surface area (TPSA) is 51.8 Å². The van der Waals surface area contributed by atoms with Crippen LogP contribution in [0.2, 0.25) is 0 Å². The summed E-state index contributed by atoms with van der Waals surface area (Å²) >= 11 is 0. The van der Waals surface area contributed by atoms with Crippen LogP contribution in [0.4, 0.5) is 0 Å². The van der Waals surface area contributed by atoms with Gasteiger partial charge in [0.05, 0.1) is 0 Å². The predicted octanol–water partition coefficient (Wildman–Crippen LogP) is 11.3. The van der Waals surface area contributed by atoms with Gasteiger partial charge in [0.1, 0.15) is 11.2 Å². The van der Waals surface area contributed by atoms with Crippen LogP contribution in [0.5, 0.6) is 0 Å². The molecule has 0 atom stereocenters. The van der Waals surface area contributed by atoms with Crippen LogP contribution in [0.1, 0.15) is 0 Å². The van der Waals surface area contributed by atoms with Crippen LogP contribution >= 0.6 is 0 Å². The Balaban J connectivity index is 1.18. The molecule has 220 valence electrons. The molecule has 2 heterocycles. The van der Waals surface area contributed by atoms with Crippen molar-refractivity contribution in [3.05, 3.63) is 164 Å². The van der Waals surface area contributed by atoms with Gasteiger partial charge >= 0.3 is 0 Å². The van der Waals surface area contributed by atoms with Gasteiger partial charge in [0.15, 0.2) is 17.5 Å². The van der Waals surface area contributed by atoms with Crippen LogP contribution in [0.25, 0.3) is 89.1 Å². The molecule has 0 unspecified atom stereocenters. The van der Waals surface area contributed by atoms with Gasteiger partial charge in [0, 0.05) is 33.0 Å². The molecule has 47 heavy (non-hydrogen) atoms. The standard InChI is InChI=1S/C43H27N3O/c1-3-11-28(12-4-1)29-21-23-31(24-22-29)35-18-10-19-36-38-27-33(25-26-39(38)47-40(35)36)42-44-41(32-14-5-2-6-15-32)45-43(46-42)37-20-9-16-30-13-7-8-17-34(30)37/h1-27H. The first-order valence-corrected chi connectivity index (χ1v) is 15.7. The first kappa shape index (κ1) is 27.0. The van der Waals surface area contributed by atoms with Crippen molar-refractivity contribution in [1.82, 2.24) is 15.0 Å². The summed E-state index contributed by atoms with van der Waals surface area (Å²) in [6.45, 7) is 0. The normalized spacial score (nSPS) is 11.4. The molecule has 0 aliphatic rings. The molecular formula is C43H27N3O. The zero-order valence-corrected chi connectivity index (χ0v) is 25.3. The number of hydrogen-bond donors (Lipinski definition) is 0. The molecule has 0 saturated carbocycles. The largest absolute Gasteiger partial charge is 0.455 e. The monoisotopic (exact) mass is 601 g/mol. The van der Waals surface area contributed by atoms with E-state index < -0.39 is 0 Å². The summed E-state index contributed by atoms with van der Waals surface area (Å²) in [6, 6.07) is 56.3. The molecular weight excluding hydrogens is 574 g/mol. The average molecular weight is 602 g/mol. The molecule has 7 aromatic carbocycles. The maximum absolute atomic E-state index is 6.52. The van der Waals surface area contributed by atoms with E-state index in [1.807, 2.05) is 48.5 Å². The summed E-state index contributed by atoms with van der Waals surface area (Å²) in [5.74, 6) is 1.90. The molecule has 0 fully saturated rings. The van der Waals surface area contributed by atoms with Crippen molar-refractivity contribution in [2.24, 2.45) is 0 Å². The van der Waals surface area contributed by atoms with Crippen LogP contribution in [0.15, 0.2) is 168 Å². The third-order valence-corrected chi connectivity index (χ3v) is 8.76. The van der Waals surface area contributed by atoms with E-state index in [-0.39, 0.29) is 0 Å². The second-order valence-electron chi connectivity index (χ2n) is 11.6. The summed E-state index contributed by atoms with van der Waals surface area (Å²) in [6.07, 6.45) is 0. The molecule has 0 N–H and O–H groups in total. The van der Waals surface area contributed by atoms with Gasteiger partial charge in [-0.2, -0.15) is 0 Å². The van der Waals surface area contributed by atoms with Gasteiger partial charge in [0.25, 0.3) is 0 Å². The van der Waals surface area contributed by atoms with E-state index in [1.54, 1.807) is 0 Å². The summed E-state index contributed by atoms with van der Waals surface area (Å²) in [4.78, 5) is 15.0. The Labute approximate surface area is 271 Å².